The molecule has 3 heterocycles. The molecule has 2 aromatic heterocycles. The van der Waals surface area contributed by atoms with Crippen LogP contribution in [0.1, 0.15) is 48.0 Å². The third-order valence-electron chi connectivity index (χ3n) is 6.66. The average Bonchev–Trinajstić information content (AvgIpc) is 3.32. The van der Waals surface area contributed by atoms with E-state index < -0.39 is 0 Å². The van der Waals surface area contributed by atoms with Crippen LogP contribution in [0.25, 0.3) is 5.65 Å². The number of benzene rings is 1. The van der Waals surface area contributed by atoms with E-state index in [1.165, 1.54) is 12.1 Å². The number of hydrogen-bond donors (Lipinski definition) is 1. The van der Waals surface area contributed by atoms with E-state index in [9.17, 15) is 14.0 Å². The van der Waals surface area contributed by atoms with Crippen LogP contribution in [0, 0.1) is 18.2 Å². The molecule has 0 atom stereocenters. The number of carbonyl (C=O) groups is 2. The number of aromatic nitrogens is 3. The lowest BCUT2D eigenvalue weighted by Crippen LogP contribution is -2.43. The summed E-state index contributed by atoms with van der Waals surface area (Å²) < 4.78 is 14.8. The van der Waals surface area contributed by atoms with Crippen molar-refractivity contribution in [1.82, 2.24) is 19.9 Å². The largest absolute Gasteiger partial charge is 0.349 e. The summed E-state index contributed by atoms with van der Waals surface area (Å²) in [5.74, 6) is -0.373. The van der Waals surface area contributed by atoms with Gasteiger partial charge in [-0.15, -0.1) is 0 Å². The van der Waals surface area contributed by atoms with Crippen molar-refractivity contribution in [2.75, 3.05) is 11.4 Å². The number of nitrogens with one attached hydrogen (secondary N) is 1. The molecule has 1 aliphatic heterocycles. The molecular weight excluding hydrogens is 397 g/mol. The van der Waals surface area contributed by atoms with Crippen LogP contribution in [-0.4, -0.2) is 39.0 Å². The first kappa shape index (κ1) is 19.7. The Morgan fingerprint density at radius 3 is 2.65 bits per heavy atom. The van der Waals surface area contributed by atoms with Gasteiger partial charge in [0, 0.05) is 30.7 Å². The van der Waals surface area contributed by atoms with Crippen molar-refractivity contribution < 1.29 is 14.0 Å². The number of anilines is 1. The summed E-state index contributed by atoms with van der Waals surface area (Å²) in [6, 6.07) is 6.10. The summed E-state index contributed by atoms with van der Waals surface area (Å²) in [5, 5.41) is 7.32. The van der Waals surface area contributed by atoms with Crippen LogP contribution in [0.15, 0.2) is 42.9 Å². The Kier molecular flexibility index (Phi) is 4.72. The molecule has 2 amide bonds. The summed E-state index contributed by atoms with van der Waals surface area (Å²) in [5.41, 5.74) is 2.33. The predicted molar refractivity (Wildman–Crippen MR) is 113 cm³/mol. The van der Waals surface area contributed by atoms with E-state index in [2.05, 4.69) is 15.4 Å². The van der Waals surface area contributed by atoms with Crippen molar-refractivity contribution in [1.29, 1.82) is 0 Å². The molecule has 0 radical (unpaired) electrons. The molecule has 1 spiro atoms. The summed E-state index contributed by atoms with van der Waals surface area (Å²) >= 11 is 0. The molecule has 31 heavy (non-hydrogen) atoms. The van der Waals surface area contributed by atoms with Gasteiger partial charge >= 0.3 is 0 Å². The van der Waals surface area contributed by atoms with Gasteiger partial charge in [-0.1, -0.05) is 0 Å². The SMILES string of the molecule is Cc1cnc2c(C(=O)NC3CCC4(CC3)CCN(c3ccc(F)cc3)C4=O)cnn2c1. The monoisotopic (exact) mass is 421 g/mol. The van der Waals surface area contributed by atoms with Crippen molar-refractivity contribution in [2.24, 2.45) is 5.41 Å². The highest BCUT2D eigenvalue weighted by Crippen LogP contribution is 2.46. The van der Waals surface area contributed by atoms with Crippen molar-refractivity contribution in [2.45, 2.75) is 45.1 Å². The van der Waals surface area contributed by atoms with Crippen LogP contribution in [0.3, 0.4) is 0 Å². The molecule has 7 nitrogen and oxygen atoms in total. The van der Waals surface area contributed by atoms with Gasteiger partial charge in [-0.2, -0.15) is 5.10 Å². The quantitative estimate of drug-likeness (QED) is 0.704. The molecule has 0 bridgehead atoms. The maximum Gasteiger partial charge on any atom is 0.256 e. The van der Waals surface area contributed by atoms with Gasteiger partial charge in [0.05, 0.1) is 11.6 Å². The summed E-state index contributed by atoms with van der Waals surface area (Å²) in [7, 11) is 0. The van der Waals surface area contributed by atoms with E-state index in [4.69, 9.17) is 0 Å². The Morgan fingerprint density at radius 1 is 1.16 bits per heavy atom. The topological polar surface area (TPSA) is 79.6 Å². The number of nitrogens with zero attached hydrogens (tertiary/aromatic N) is 4. The van der Waals surface area contributed by atoms with E-state index >= 15 is 0 Å². The molecule has 1 aliphatic carbocycles. The fraction of sp³-hybridized carbons (Fsp3) is 0.391. The number of fused-ring (bicyclic) bond motifs is 1. The maximum absolute atomic E-state index is 13.2. The number of rotatable bonds is 3. The number of hydrogen-bond acceptors (Lipinski definition) is 4. The van der Waals surface area contributed by atoms with Crippen LogP contribution in [0.2, 0.25) is 0 Å². The van der Waals surface area contributed by atoms with E-state index in [-0.39, 0.29) is 29.1 Å². The molecule has 1 saturated heterocycles. The van der Waals surface area contributed by atoms with E-state index in [1.807, 2.05) is 13.1 Å². The molecule has 1 saturated carbocycles. The zero-order valence-corrected chi connectivity index (χ0v) is 17.3. The van der Waals surface area contributed by atoms with Gasteiger partial charge in [-0.05, 0) is 68.9 Å². The van der Waals surface area contributed by atoms with Gasteiger partial charge in [0.15, 0.2) is 5.65 Å². The smallest absolute Gasteiger partial charge is 0.256 e. The molecular formula is C23H24FN5O2. The standard InChI is InChI=1S/C23H24FN5O2/c1-15-12-25-20-19(13-26-29(20)14-15)21(30)27-17-6-8-23(9-7-17)10-11-28(22(23)31)18-4-2-16(24)3-5-18/h2-5,12-14,17H,6-11H2,1H3,(H,27,30). The second-order valence-corrected chi connectivity index (χ2v) is 8.67. The second kappa shape index (κ2) is 7.44. The Morgan fingerprint density at radius 2 is 1.90 bits per heavy atom. The first-order valence-electron chi connectivity index (χ1n) is 10.6. The van der Waals surface area contributed by atoms with E-state index in [1.54, 1.807) is 33.9 Å². The van der Waals surface area contributed by atoms with E-state index in [0.29, 0.717) is 17.8 Å². The first-order valence-corrected chi connectivity index (χ1v) is 10.6. The minimum atomic E-state index is -0.376. The van der Waals surface area contributed by atoms with Crippen LogP contribution in [0.5, 0.6) is 0 Å². The van der Waals surface area contributed by atoms with Crippen LogP contribution in [-0.2, 0) is 4.79 Å². The highest BCUT2D eigenvalue weighted by Gasteiger charge is 2.48. The van der Waals surface area contributed by atoms with Gasteiger partial charge in [0.25, 0.3) is 5.91 Å². The van der Waals surface area contributed by atoms with Crippen LogP contribution in [0.4, 0.5) is 10.1 Å². The number of halogens is 1. The average molecular weight is 421 g/mol. The van der Waals surface area contributed by atoms with Gasteiger partial charge in [-0.25, -0.2) is 13.9 Å². The molecule has 5 rings (SSSR count). The van der Waals surface area contributed by atoms with Gasteiger partial charge in [-0.3, -0.25) is 9.59 Å². The zero-order valence-electron chi connectivity index (χ0n) is 17.3. The van der Waals surface area contributed by atoms with E-state index in [0.717, 1.165) is 43.4 Å². The normalized spacial score (nSPS) is 23.6. The van der Waals surface area contributed by atoms with Gasteiger partial charge in [0.2, 0.25) is 5.91 Å². The number of amides is 2. The lowest BCUT2D eigenvalue weighted by Gasteiger charge is -2.36. The molecule has 0 unspecified atom stereocenters. The number of carbonyl (C=O) groups excluding carboxylic acids is 2. The molecule has 1 aromatic carbocycles. The third-order valence-corrected chi connectivity index (χ3v) is 6.66. The molecule has 3 aromatic rings. The second-order valence-electron chi connectivity index (χ2n) is 8.67. The van der Waals surface area contributed by atoms with Crippen LogP contribution < -0.4 is 10.2 Å². The lowest BCUT2D eigenvalue weighted by atomic mass is 9.71. The molecule has 2 aliphatic rings. The Balaban J connectivity index is 1.23. The highest BCUT2D eigenvalue weighted by atomic mass is 19.1. The summed E-state index contributed by atoms with van der Waals surface area (Å²) in [6.07, 6.45) is 8.87. The predicted octanol–water partition coefficient (Wildman–Crippen LogP) is 3.27. The lowest BCUT2D eigenvalue weighted by molar-refractivity contribution is -0.127. The minimum absolute atomic E-state index is 0.0196. The minimum Gasteiger partial charge on any atom is -0.349 e. The first-order chi connectivity index (χ1) is 14.9. The van der Waals surface area contributed by atoms with Crippen molar-refractivity contribution >= 4 is 23.1 Å². The van der Waals surface area contributed by atoms with Crippen molar-refractivity contribution in [3.8, 4) is 0 Å². The summed E-state index contributed by atoms with van der Waals surface area (Å²) in [4.78, 5) is 32.1. The molecule has 1 N–H and O–H groups in total. The Labute approximate surface area is 179 Å². The van der Waals surface area contributed by atoms with Crippen molar-refractivity contribution in [3.05, 3.63) is 59.8 Å². The molecule has 160 valence electrons. The van der Waals surface area contributed by atoms with Gasteiger partial charge in [0.1, 0.15) is 11.4 Å². The van der Waals surface area contributed by atoms with Crippen molar-refractivity contribution in [3.63, 3.8) is 0 Å². The maximum atomic E-state index is 13.2. The zero-order chi connectivity index (χ0) is 21.6. The third kappa shape index (κ3) is 3.45. The highest BCUT2D eigenvalue weighted by molar-refractivity contribution is 6.00. The molecule has 2 fully saturated rings. The number of aryl methyl sites for hydroxylation is 1. The van der Waals surface area contributed by atoms with Crippen LogP contribution >= 0.6 is 0 Å². The Bertz CT molecular complexity index is 1150. The molecule has 8 heteroatoms. The fourth-order valence-electron chi connectivity index (χ4n) is 4.86. The van der Waals surface area contributed by atoms with Gasteiger partial charge < -0.3 is 10.2 Å². The Hall–Kier alpha value is -3.29. The summed E-state index contributed by atoms with van der Waals surface area (Å²) in [6.45, 7) is 2.57. The fourth-order valence-corrected chi connectivity index (χ4v) is 4.86.